The number of aromatic amines is 1. The average Bonchev–Trinajstić information content (AvgIpc) is 2.99. The molecule has 5 N–H and O–H groups in total. The molecule has 0 fully saturated rings. The Balaban J connectivity index is 1.29. The fourth-order valence-electron chi connectivity index (χ4n) is 4.32. The van der Waals surface area contributed by atoms with Crippen LogP contribution in [-0.2, 0) is 23.1 Å². The third kappa shape index (κ3) is 6.07. The summed E-state index contributed by atoms with van der Waals surface area (Å²) in [6, 6.07) is 10.5. The first-order valence-corrected chi connectivity index (χ1v) is 13.4. The molecule has 0 amide bonds. The van der Waals surface area contributed by atoms with Crippen molar-refractivity contribution < 1.29 is 23.4 Å². The van der Waals surface area contributed by atoms with Gasteiger partial charge in [0, 0.05) is 43.8 Å². The van der Waals surface area contributed by atoms with Crippen molar-refractivity contribution in [2.24, 2.45) is 0 Å². The normalized spacial score (nSPS) is 15.1. The molecule has 0 bridgehead atoms. The quantitative estimate of drug-likeness (QED) is 0.165. The molecular weight excluding hydrogens is 468 g/mol. The van der Waals surface area contributed by atoms with Crippen LogP contribution in [0.2, 0.25) is 0 Å². The highest BCUT2D eigenvalue weighted by atomic mass is 32.2. The second kappa shape index (κ2) is 10.9. The van der Waals surface area contributed by atoms with Crippen LogP contribution in [0.5, 0.6) is 11.5 Å². The number of hydrogen-bond donors (Lipinski definition) is 5. The topological polar surface area (TPSA) is 127 Å². The number of rotatable bonds is 10. The number of aliphatic hydroxyl groups is 1. The Kier molecular flexibility index (Phi) is 7.85. The van der Waals surface area contributed by atoms with E-state index in [2.05, 4.69) is 27.2 Å². The zero-order valence-corrected chi connectivity index (χ0v) is 21.0. The van der Waals surface area contributed by atoms with Crippen LogP contribution in [0.3, 0.4) is 0 Å². The van der Waals surface area contributed by atoms with Gasteiger partial charge in [-0.05, 0) is 67.1 Å². The van der Waals surface area contributed by atoms with Crippen LogP contribution < -0.4 is 14.8 Å². The van der Waals surface area contributed by atoms with Crippen LogP contribution in [0.1, 0.15) is 42.2 Å². The lowest BCUT2D eigenvalue weighted by molar-refractivity contribution is 0.172. The van der Waals surface area contributed by atoms with Crippen molar-refractivity contribution in [2.75, 3.05) is 38.5 Å². The fourth-order valence-corrected chi connectivity index (χ4v) is 4.95. The number of nitrogens with zero attached hydrogens (tertiary/aromatic N) is 1. The standard InChI is InChI=1S/C25H34N4O5S/c1-29(2)35(32,33)28-23-14-17(8-11-24(23)30)25(31)16-26-12-13-34-18-9-10-22-20(15-18)19-6-4-3-5-7-21(19)27-22/h8-11,14-15,25-28,30-31H,3-7,12-13,16H2,1-2H3. The van der Waals surface area contributed by atoms with Crippen molar-refractivity contribution >= 4 is 26.8 Å². The first kappa shape index (κ1) is 25.3. The number of aliphatic hydroxyl groups excluding tert-OH is 1. The van der Waals surface area contributed by atoms with Crippen LogP contribution in [0.25, 0.3) is 10.9 Å². The van der Waals surface area contributed by atoms with Gasteiger partial charge in [-0.3, -0.25) is 4.72 Å². The minimum absolute atomic E-state index is 0.0108. The number of ether oxygens (including phenoxy) is 1. The Morgan fingerprint density at radius 3 is 2.71 bits per heavy atom. The third-order valence-electron chi connectivity index (χ3n) is 6.33. The minimum atomic E-state index is -3.78. The van der Waals surface area contributed by atoms with Crippen LogP contribution in [0.4, 0.5) is 5.69 Å². The highest BCUT2D eigenvalue weighted by Gasteiger charge is 2.18. The number of H-pyrrole nitrogens is 1. The number of phenols is 1. The van der Waals surface area contributed by atoms with Crippen LogP contribution >= 0.6 is 0 Å². The van der Waals surface area contributed by atoms with E-state index >= 15 is 0 Å². The summed E-state index contributed by atoms with van der Waals surface area (Å²) in [5, 5.41) is 24.9. The maximum atomic E-state index is 12.1. The fraction of sp³-hybridized carbons (Fsp3) is 0.440. The highest BCUT2D eigenvalue weighted by molar-refractivity contribution is 7.90. The van der Waals surface area contributed by atoms with E-state index < -0.39 is 16.3 Å². The Morgan fingerprint density at radius 2 is 1.91 bits per heavy atom. The molecule has 0 aliphatic heterocycles. The summed E-state index contributed by atoms with van der Waals surface area (Å²) >= 11 is 0. The van der Waals surface area contributed by atoms with Crippen molar-refractivity contribution in [2.45, 2.75) is 38.2 Å². The van der Waals surface area contributed by atoms with Gasteiger partial charge in [0.05, 0.1) is 11.8 Å². The van der Waals surface area contributed by atoms with Crippen molar-refractivity contribution in [1.29, 1.82) is 0 Å². The molecule has 10 heteroatoms. The zero-order valence-electron chi connectivity index (χ0n) is 20.2. The number of phenolic OH excluding ortho intramolecular Hbond substituents is 1. The van der Waals surface area contributed by atoms with Crippen LogP contribution in [-0.4, -0.2) is 61.7 Å². The molecule has 35 heavy (non-hydrogen) atoms. The first-order chi connectivity index (χ1) is 16.7. The van der Waals surface area contributed by atoms with E-state index in [1.165, 1.54) is 62.1 Å². The van der Waals surface area contributed by atoms with Gasteiger partial charge in [-0.2, -0.15) is 12.7 Å². The summed E-state index contributed by atoms with van der Waals surface area (Å²) in [7, 11) is -1.01. The SMILES string of the molecule is CN(C)S(=O)(=O)Nc1cc(C(O)CNCCOc2ccc3[nH]c4c(c3c2)CCCCC4)ccc1O. The highest BCUT2D eigenvalue weighted by Crippen LogP contribution is 2.31. The minimum Gasteiger partial charge on any atom is -0.506 e. The number of aromatic nitrogens is 1. The van der Waals surface area contributed by atoms with E-state index in [1.54, 1.807) is 6.07 Å². The summed E-state index contributed by atoms with van der Waals surface area (Å²) in [5.41, 5.74) is 4.43. The number of aryl methyl sites for hydroxylation is 2. The predicted octanol–water partition coefficient (Wildman–Crippen LogP) is 3.06. The molecule has 0 spiro atoms. The molecule has 0 radical (unpaired) electrons. The van der Waals surface area contributed by atoms with E-state index in [0.29, 0.717) is 18.7 Å². The van der Waals surface area contributed by atoms with Gasteiger partial charge in [0.1, 0.15) is 18.1 Å². The zero-order chi connectivity index (χ0) is 25.0. The second-order valence-electron chi connectivity index (χ2n) is 9.08. The number of hydrogen-bond acceptors (Lipinski definition) is 6. The lowest BCUT2D eigenvalue weighted by Gasteiger charge is -2.17. The molecule has 1 aromatic heterocycles. The smallest absolute Gasteiger partial charge is 0.301 e. The molecule has 9 nitrogen and oxygen atoms in total. The Hall–Kier alpha value is -2.79. The number of nitrogens with one attached hydrogen (secondary N) is 3. The second-order valence-corrected chi connectivity index (χ2v) is 11.0. The summed E-state index contributed by atoms with van der Waals surface area (Å²) in [6.07, 6.45) is 5.06. The van der Waals surface area contributed by atoms with Gasteiger partial charge in [-0.1, -0.05) is 12.5 Å². The Bertz CT molecular complexity index is 1270. The summed E-state index contributed by atoms with van der Waals surface area (Å²) < 4.78 is 33.3. The number of benzene rings is 2. The Labute approximate surface area is 206 Å². The van der Waals surface area contributed by atoms with Gasteiger partial charge < -0.3 is 25.3 Å². The van der Waals surface area contributed by atoms with Crippen LogP contribution in [0, 0.1) is 0 Å². The molecule has 2 aromatic carbocycles. The molecule has 1 aliphatic carbocycles. The van der Waals surface area contributed by atoms with E-state index in [-0.39, 0.29) is 18.0 Å². The summed E-state index contributed by atoms with van der Waals surface area (Å²) in [6.45, 7) is 1.21. The van der Waals surface area contributed by atoms with Gasteiger partial charge >= 0.3 is 10.2 Å². The third-order valence-corrected chi connectivity index (χ3v) is 7.77. The number of fused-ring (bicyclic) bond motifs is 3. The van der Waals surface area contributed by atoms with Gasteiger partial charge in [0.25, 0.3) is 0 Å². The lowest BCUT2D eigenvalue weighted by atomic mass is 10.1. The number of anilines is 1. The lowest BCUT2D eigenvalue weighted by Crippen LogP contribution is -2.29. The molecule has 0 saturated carbocycles. The molecule has 190 valence electrons. The summed E-state index contributed by atoms with van der Waals surface area (Å²) in [5.74, 6) is 0.603. The molecular formula is C25H34N4O5S. The van der Waals surface area contributed by atoms with Crippen molar-refractivity contribution in [3.05, 3.63) is 53.2 Å². The molecule has 1 atom stereocenters. The van der Waals surface area contributed by atoms with Crippen molar-refractivity contribution in [1.82, 2.24) is 14.6 Å². The maximum Gasteiger partial charge on any atom is 0.301 e. The average molecular weight is 503 g/mol. The largest absolute Gasteiger partial charge is 0.506 e. The molecule has 1 unspecified atom stereocenters. The van der Waals surface area contributed by atoms with Gasteiger partial charge in [0.15, 0.2) is 0 Å². The van der Waals surface area contributed by atoms with Gasteiger partial charge in [-0.15, -0.1) is 0 Å². The molecule has 1 heterocycles. The van der Waals surface area contributed by atoms with Crippen LogP contribution in [0.15, 0.2) is 36.4 Å². The van der Waals surface area contributed by atoms with E-state index in [1.807, 2.05) is 6.07 Å². The van der Waals surface area contributed by atoms with Gasteiger partial charge in [0.2, 0.25) is 0 Å². The van der Waals surface area contributed by atoms with E-state index in [0.717, 1.165) is 28.4 Å². The molecule has 4 rings (SSSR count). The first-order valence-electron chi connectivity index (χ1n) is 11.9. The molecule has 0 saturated heterocycles. The van der Waals surface area contributed by atoms with Crippen molar-refractivity contribution in [3.8, 4) is 11.5 Å². The van der Waals surface area contributed by atoms with E-state index in [9.17, 15) is 18.6 Å². The monoisotopic (exact) mass is 502 g/mol. The molecule has 1 aliphatic rings. The number of aromatic hydroxyl groups is 1. The predicted molar refractivity (Wildman–Crippen MR) is 137 cm³/mol. The van der Waals surface area contributed by atoms with Crippen molar-refractivity contribution in [3.63, 3.8) is 0 Å². The van der Waals surface area contributed by atoms with Gasteiger partial charge in [-0.25, -0.2) is 0 Å². The maximum absolute atomic E-state index is 12.1. The Morgan fingerprint density at radius 1 is 1.11 bits per heavy atom. The van der Waals surface area contributed by atoms with E-state index in [4.69, 9.17) is 4.74 Å². The molecule has 3 aromatic rings. The summed E-state index contributed by atoms with van der Waals surface area (Å²) in [4.78, 5) is 3.56.